The quantitative estimate of drug-likeness (QED) is 0.721. The first-order valence-electron chi connectivity index (χ1n) is 8.68. The molecule has 0 saturated carbocycles. The maximum Gasteiger partial charge on any atom is 0.206 e. The summed E-state index contributed by atoms with van der Waals surface area (Å²) >= 11 is 0. The van der Waals surface area contributed by atoms with E-state index >= 15 is 0 Å². The van der Waals surface area contributed by atoms with E-state index in [2.05, 4.69) is 11.2 Å². The second-order valence-corrected chi connectivity index (χ2v) is 9.04. The summed E-state index contributed by atoms with van der Waals surface area (Å²) in [6.07, 6.45) is 1.42. The van der Waals surface area contributed by atoms with Crippen molar-refractivity contribution in [3.63, 3.8) is 0 Å². The van der Waals surface area contributed by atoms with Crippen LogP contribution >= 0.6 is 7.29 Å². The predicted octanol–water partition coefficient (Wildman–Crippen LogP) is 3.87. The van der Waals surface area contributed by atoms with E-state index in [1.165, 1.54) is 0 Å². The van der Waals surface area contributed by atoms with Crippen LogP contribution < -0.4 is 15.7 Å². The monoisotopic (exact) mass is 358 g/mol. The van der Waals surface area contributed by atoms with Gasteiger partial charge in [-0.2, -0.15) is 5.26 Å². The van der Waals surface area contributed by atoms with Crippen LogP contribution in [0.5, 0.6) is 0 Å². The number of nitrogens with zero attached hydrogens (tertiary/aromatic N) is 1. The van der Waals surface area contributed by atoms with Gasteiger partial charge in [-0.3, -0.25) is 4.57 Å². The second-order valence-electron chi connectivity index (χ2n) is 6.57. The van der Waals surface area contributed by atoms with E-state index in [1.807, 2.05) is 84.9 Å². The molecular formula is C22H19N2OP. The van der Waals surface area contributed by atoms with Crippen LogP contribution in [-0.4, -0.2) is 0 Å². The van der Waals surface area contributed by atoms with Crippen molar-refractivity contribution in [2.45, 2.75) is 18.4 Å². The fourth-order valence-electron chi connectivity index (χ4n) is 3.69. The second kappa shape index (κ2) is 6.57. The molecule has 1 N–H and O–H groups in total. The Morgan fingerprint density at radius 2 is 1.38 bits per heavy atom. The van der Waals surface area contributed by atoms with Crippen LogP contribution in [0.4, 0.5) is 0 Å². The molecule has 26 heavy (non-hydrogen) atoms. The van der Waals surface area contributed by atoms with E-state index in [0.29, 0.717) is 17.0 Å². The lowest BCUT2D eigenvalue weighted by atomic mass is 9.95. The third-order valence-corrected chi connectivity index (χ3v) is 7.77. The highest BCUT2D eigenvalue weighted by Gasteiger charge is 2.44. The minimum absolute atomic E-state index is 0.618. The van der Waals surface area contributed by atoms with Crippen molar-refractivity contribution in [1.82, 2.24) is 5.09 Å². The van der Waals surface area contributed by atoms with Crippen LogP contribution in [0.2, 0.25) is 0 Å². The molecule has 0 radical (unpaired) electrons. The Kier molecular flexibility index (Phi) is 4.24. The Morgan fingerprint density at radius 3 is 1.96 bits per heavy atom. The third-order valence-electron chi connectivity index (χ3n) is 5.03. The Hall–Kier alpha value is -2.66. The number of nitrogens with one attached hydrogen (secondary N) is 1. The van der Waals surface area contributed by atoms with Gasteiger partial charge in [0.2, 0.25) is 7.29 Å². The van der Waals surface area contributed by atoms with Crippen LogP contribution in [0, 0.1) is 11.3 Å². The van der Waals surface area contributed by atoms with Gasteiger partial charge >= 0.3 is 0 Å². The van der Waals surface area contributed by atoms with Crippen molar-refractivity contribution in [1.29, 1.82) is 5.26 Å². The number of hydrogen-bond acceptors (Lipinski definition) is 2. The highest BCUT2D eigenvalue weighted by molar-refractivity contribution is 7.77. The summed E-state index contributed by atoms with van der Waals surface area (Å²) in [5.41, 5.74) is 1.14. The smallest absolute Gasteiger partial charge is 0.206 e. The zero-order valence-corrected chi connectivity index (χ0v) is 15.2. The van der Waals surface area contributed by atoms with Crippen LogP contribution in [0.3, 0.4) is 0 Å². The molecule has 0 amide bonds. The SMILES string of the molecule is N#C[C@@]1(NP(=O)(c2ccccc2)c2ccccc2)CCc2ccccc21. The van der Waals surface area contributed by atoms with E-state index in [0.717, 1.165) is 17.5 Å². The number of rotatable bonds is 4. The van der Waals surface area contributed by atoms with Crippen LogP contribution in [0.1, 0.15) is 17.5 Å². The first-order valence-corrected chi connectivity index (χ1v) is 10.4. The minimum atomic E-state index is -3.18. The summed E-state index contributed by atoms with van der Waals surface area (Å²) in [7, 11) is -3.18. The zero-order valence-electron chi connectivity index (χ0n) is 14.3. The van der Waals surface area contributed by atoms with Gasteiger partial charge in [0.25, 0.3) is 0 Å². The molecule has 3 nitrogen and oxygen atoms in total. The van der Waals surface area contributed by atoms with Crippen molar-refractivity contribution >= 4 is 17.9 Å². The van der Waals surface area contributed by atoms with Gasteiger partial charge in [0.1, 0.15) is 5.54 Å². The maximum atomic E-state index is 14.3. The van der Waals surface area contributed by atoms with Gasteiger partial charge < -0.3 is 0 Å². The van der Waals surface area contributed by atoms with E-state index in [9.17, 15) is 9.83 Å². The molecule has 1 aliphatic rings. The summed E-state index contributed by atoms with van der Waals surface area (Å²) in [4.78, 5) is 0. The molecule has 0 aromatic heterocycles. The summed E-state index contributed by atoms with van der Waals surface area (Å²) in [6.45, 7) is 0. The van der Waals surface area contributed by atoms with Gasteiger partial charge in [-0.25, -0.2) is 5.09 Å². The average molecular weight is 358 g/mol. The average Bonchev–Trinajstić information content (AvgIpc) is 3.08. The lowest BCUT2D eigenvalue weighted by Crippen LogP contribution is -2.42. The molecule has 1 atom stereocenters. The first kappa shape index (κ1) is 16.8. The highest BCUT2D eigenvalue weighted by Crippen LogP contribution is 2.47. The Labute approximate surface area is 153 Å². The lowest BCUT2D eigenvalue weighted by molar-refractivity contribution is 0.496. The van der Waals surface area contributed by atoms with E-state index in [4.69, 9.17) is 0 Å². The summed E-state index contributed by atoms with van der Waals surface area (Å²) in [5, 5.41) is 14.9. The Bertz CT molecular complexity index is 968. The zero-order chi connectivity index (χ0) is 18.0. The van der Waals surface area contributed by atoms with Gasteiger partial charge in [-0.15, -0.1) is 0 Å². The van der Waals surface area contributed by atoms with E-state index in [1.54, 1.807) is 0 Å². The molecule has 0 spiro atoms. The fourth-order valence-corrected chi connectivity index (χ4v) is 6.25. The number of hydrogen-bond donors (Lipinski definition) is 1. The maximum absolute atomic E-state index is 14.3. The molecule has 0 bridgehead atoms. The Balaban J connectivity index is 1.87. The van der Waals surface area contributed by atoms with Gasteiger partial charge in [0, 0.05) is 10.6 Å². The fraction of sp³-hybridized carbons (Fsp3) is 0.136. The van der Waals surface area contributed by atoms with E-state index < -0.39 is 12.8 Å². The van der Waals surface area contributed by atoms with Crippen molar-refractivity contribution in [2.24, 2.45) is 0 Å². The van der Waals surface area contributed by atoms with Gasteiger partial charge in [-0.05, 0) is 48.2 Å². The largest absolute Gasteiger partial charge is 0.296 e. The predicted molar refractivity (Wildman–Crippen MR) is 105 cm³/mol. The normalized spacial score (nSPS) is 18.9. The molecule has 3 aromatic rings. The molecule has 0 fully saturated rings. The number of aryl methyl sites for hydroxylation is 1. The van der Waals surface area contributed by atoms with Gasteiger partial charge in [0.15, 0.2) is 0 Å². The van der Waals surface area contributed by atoms with Crippen molar-refractivity contribution in [3.8, 4) is 6.07 Å². The number of benzene rings is 3. The molecule has 0 aliphatic heterocycles. The first-order chi connectivity index (χ1) is 12.7. The summed E-state index contributed by atoms with van der Waals surface area (Å²) in [6, 6.07) is 29.2. The molecule has 1 aliphatic carbocycles. The molecule has 4 heteroatoms. The third kappa shape index (κ3) is 2.69. The molecular weight excluding hydrogens is 339 g/mol. The lowest BCUT2D eigenvalue weighted by Gasteiger charge is -2.31. The molecule has 0 saturated heterocycles. The summed E-state index contributed by atoms with van der Waals surface area (Å²) < 4.78 is 14.3. The van der Waals surface area contributed by atoms with Crippen LogP contribution in [0.15, 0.2) is 84.9 Å². The molecule has 0 unspecified atom stereocenters. The molecule has 0 heterocycles. The Morgan fingerprint density at radius 1 is 0.846 bits per heavy atom. The van der Waals surface area contributed by atoms with Gasteiger partial charge in [0.05, 0.1) is 6.07 Å². The van der Waals surface area contributed by atoms with Crippen molar-refractivity contribution in [2.75, 3.05) is 0 Å². The van der Waals surface area contributed by atoms with Crippen molar-refractivity contribution in [3.05, 3.63) is 96.1 Å². The van der Waals surface area contributed by atoms with Crippen LogP contribution in [-0.2, 0) is 16.5 Å². The summed E-state index contributed by atoms with van der Waals surface area (Å²) in [5.74, 6) is 0. The van der Waals surface area contributed by atoms with Gasteiger partial charge in [-0.1, -0.05) is 60.7 Å². The molecule has 3 aromatic carbocycles. The van der Waals surface area contributed by atoms with E-state index in [-0.39, 0.29) is 0 Å². The standard InChI is InChI=1S/C22H19N2OP/c23-17-22(16-15-18-9-7-8-14-21(18)22)24-26(25,19-10-3-1-4-11-19)20-12-5-2-6-13-20/h1-14H,15-16H2,(H,24,25)/t22-/m0/s1. The minimum Gasteiger partial charge on any atom is -0.296 e. The number of fused-ring (bicyclic) bond motifs is 1. The van der Waals surface area contributed by atoms with Crippen LogP contribution in [0.25, 0.3) is 0 Å². The molecule has 128 valence electrons. The topological polar surface area (TPSA) is 52.9 Å². The number of nitriles is 1. The highest BCUT2D eigenvalue weighted by atomic mass is 31.2. The molecule has 4 rings (SSSR count). The van der Waals surface area contributed by atoms with Crippen molar-refractivity contribution < 1.29 is 4.57 Å².